The second kappa shape index (κ2) is 2.16. The average Bonchev–Trinajstić information content (AvgIpc) is 2.88. The molecule has 66 valence electrons. The summed E-state index contributed by atoms with van der Waals surface area (Å²) in [4.78, 5) is 19.3. The molecule has 3 heteroatoms. The molecule has 2 aliphatic carbocycles. The molecule has 1 spiro atoms. The lowest BCUT2D eigenvalue weighted by molar-refractivity contribution is -0.120. The second-order valence-corrected chi connectivity index (χ2v) is 4.09. The molecule has 0 bridgehead atoms. The monoisotopic (exact) mass is 174 g/mol. The number of aliphatic imine (C=N–C) groups is 2. The Morgan fingerprint density at radius 2 is 2.31 bits per heavy atom. The number of carbonyl (C=O) groups excluding carboxylic acids is 1. The topological polar surface area (TPSA) is 41.8 Å². The summed E-state index contributed by atoms with van der Waals surface area (Å²) in [6, 6.07) is 0. The van der Waals surface area contributed by atoms with Crippen LogP contribution in [0.4, 0.5) is 0 Å². The normalized spacial score (nSPS) is 33.1. The lowest BCUT2D eigenvalue weighted by atomic mass is 9.82. The third-order valence-electron chi connectivity index (χ3n) is 3.16. The molecular formula is C10H10N2O. The summed E-state index contributed by atoms with van der Waals surface area (Å²) in [6.07, 6.45) is 8.97. The molecule has 0 aromatic heterocycles. The molecule has 1 amide bonds. The molecule has 1 unspecified atom stereocenters. The first-order valence-electron chi connectivity index (χ1n) is 4.62. The molecule has 1 heterocycles. The van der Waals surface area contributed by atoms with Crippen molar-refractivity contribution in [3.8, 4) is 0 Å². The van der Waals surface area contributed by atoms with Gasteiger partial charge in [0.2, 0.25) is 0 Å². The number of nitrogens with zero attached hydrogens (tertiary/aromatic N) is 2. The molecule has 1 atom stereocenters. The fraction of sp³-hybridized carbons (Fsp3) is 0.500. The van der Waals surface area contributed by atoms with Gasteiger partial charge in [0.15, 0.2) is 0 Å². The summed E-state index contributed by atoms with van der Waals surface area (Å²) in [5, 5.41) is 0. The highest BCUT2D eigenvalue weighted by atomic mass is 16.1. The van der Waals surface area contributed by atoms with E-state index in [0.717, 1.165) is 12.1 Å². The average molecular weight is 174 g/mol. The quantitative estimate of drug-likeness (QED) is 0.546. The van der Waals surface area contributed by atoms with Crippen molar-refractivity contribution in [3.05, 3.63) is 12.2 Å². The minimum absolute atomic E-state index is 0.0133. The molecule has 3 nitrogen and oxygen atoms in total. The Hall–Kier alpha value is -1.25. The standard InChI is InChI=1S/C10H10N2O/c13-9-7-5-10(3-4-10)2-1-8(7)11-6-12-9/h1-2,6-7H,3-5H2. The lowest BCUT2D eigenvalue weighted by Crippen LogP contribution is -2.30. The molecule has 13 heavy (non-hydrogen) atoms. The molecule has 3 aliphatic rings. The van der Waals surface area contributed by atoms with Crippen molar-refractivity contribution in [3.63, 3.8) is 0 Å². The van der Waals surface area contributed by atoms with Crippen molar-refractivity contribution >= 4 is 18.0 Å². The van der Waals surface area contributed by atoms with E-state index in [1.807, 2.05) is 6.08 Å². The highest BCUT2D eigenvalue weighted by Crippen LogP contribution is 2.54. The van der Waals surface area contributed by atoms with Crippen LogP contribution in [-0.2, 0) is 4.79 Å². The van der Waals surface area contributed by atoms with Gasteiger partial charge in [-0.2, -0.15) is 0 Å². The zero-order chi connectivity index (χ0) is 8.89. The van der Waals surface area contributed by atoms with Crippen LogP contribution in [0.15, 0.2) is 22.1 Å². The first-order valence-corrected chi connectivity index (χ1v) is 4.62. The van der Waals surface area contributed by atoms with Gasteiger partial charge >= 0.3 is 0 Å². The van der Waals surface area contributed by atoms with Crippen LogP contribution in [0.1, 0.15) is 19.3 Å². The van der Waals surface area contributed by atoms with E-state index in [1.165, 1.54) is 19.2 Å². The highest BCUT2D eigenvalue weighted by Gasteiger charge is 2.47. The number of fused-ring (bicyclic) bond motifs is 1. The predicted molar refractivity (Wildman–Crippen MR) is 49.8 cm³/mol. The van der Waals surface area contributed by atoms with Crippen molar-refractivity contribution < 1.29 is 4.79 Å². The number of hydrogen-bond acceptors (Lipinski definition) is 2. The van der Waals surface area contributed by atoms with Crippen molar-refractivity contribution in [2.24, 2.45) is 21.3 Å². The largest absolute Gasteiger partial charge is 0.272 e. The molecule has 0 aromatic carbocycles. The predicted octanol–water partition coefficient (Wildman–Crippen LogP) is 1.35. The van der Waals surface area contributed by atoms with Crippen LogP contribution in [0.5, 0.6) is 0 Å². The number of rotatable bonds is 0. The van der Waals surface area contributed by atoms with Crippen LogP contribution in [-0.4, -0.2) is 18.0 Å². The Morgan fingerprint density at radius 1 is 1.46 bits per heavy atom. The van der Waals surface area contributed by atoms with Gasteiger partial charge in [-0.15, -0.1) is 0 Å². The van der Waals surface area contributed by atoms with E-state index in [2.05, 4.69) is 16.1 Å². The summed E-state index contributed by atoms with van der Waals surface area (Å²) in [6.45, 7) is 0. The summed E-state index contributed by atoms with van der Waals surface area (Å²) < 4.78 is 0. The maximum atomic E-state index is 11.4. The zero-order valence-electron chi connectivity index (χ0n) is 7.23. The zero-order valence-corrected chi connectivity index (χ0v) is 7.23. The minimum atomic E-state index is -0.0440. The SMILES string of the molecule is O=C1N=CN=C2C=CC3(CC3)CC12. The smallest absolute Gasteiger partial charge is 0.256 e. The lowest BCUT2D eigenvalue weighted by Gasteiger charge is -2.24. The van der Waals surface area contributed by atoms with Gasteiger partial charge in [-0.25, -0.2) is 9.98 Å². The fourth-order valence-corrected chi connectivity index (χ4v) is 2.08. The second-order valence-electron chi connectivity index (χ2n) is 4.09. The third-order valence-corrected chi connectivity index (χ3v) is 3.16. The molecule has 0 N–H and O–H groups in total. The van der Waals surface area contributed by atoms with Crippen LogP contribution in [0.25, 0.3) is 0 Å². The van der Waals surface area contributed by atoms with Gasteiger partial charge in [0.25, 0.3) is 5.91 Å². The number of allylic oxidation sites excluding steroid dienone is 2. The first-order chi connectivity index (χ1) is 6.29. The van der Waals surface area contributed by atoms with E-state index in [-0.39, 0.29) is 11.8 Å². The van der Waals surface area contributed by atoms with E-state index in [9.17, 15) is 4.79 Å². The Morgan fingerprint density at radius 3 is 3.08 bits per heavy atom. The van der Waals surface area contributed by atoms with Gasteiger partial charge in [0.1, 0.15) is 6.34 Å². The molecule has 1 fully saturated rings. The van der Waals surface area contributed by atoms with E-state index < -0.39 is 0 Å². The summed E-state index contributed by atoms with van der Waals surface area (Å²) in [5.41, 5.74) is 1.24. The van der Waals surface area contributed by atoms with Crippen LogP contribution in [0.3, 0.4) is 0 Å². The molecular weight excluding hydrogens is 164 g/mol. The van der Waals surface area contributed by atoms with Crippen molar-refractivity contribution in [1.82, 2.24) is 0 Å². The third kappa shape index (κ3) is 0.996. The van der Waals surface area contributed by atoms with Gasteiger partial charge in [-0.3, -0.25) is 4.79 Å². The fourth-order valence-electron chi connectivity index (χ4n) is 2.08. The van der Waals surface area contributed by atoms with Gasteiger partial charge in [-0.1, -0.05) is 6.08 Å². The summed E-state index contributed by atoms with van der Waals surface area (Å²) >= 11 is 0. The van der Waals surface area contributed by atoms with Crippen LogP contribution in [0, 0.1) is 11.3 Å². The van der Waals surface area contributed by atoms with Crippen molar-refractivity contribution in [1.29, 1.82) is 0 Å². The molecule has 3 rings (SSSR count). The number of hydrogen-bond donors (Lipinski definition) is 0. The van der Waals surface area contributed by atoms with Crippen molar-refractivity contribution in [2.45, 2.75) is 19.3 Å². The number of amides is 1. The number of carbonyl (C=O) groups is 1. The highest BCUT2D eigenvalue weighted by molar-refractivity contribution is 6.16. The van der Waals surface area contributed by atoms with Gasteiger partial charge in [-0.05, 0) is 30.8 Å². The van der Waals surface area contributed by atoms with Gasteiger partial charge in [0.05, 0.1) is 11.6 Å². The van der Waals surface area contributed by atoms with E-state index >= 15 is 0 Å². The molecule has 0 saturated heterocycles. The summed E-state index contributed by atoms with van der Waals surface area (Å²) in [7, 11) is 0. The molecule has 1 saturated carbocycles. The Balaban J connectivity index is 2.01. The maximum Gasteiger partial charge on any atom is 0.256 e. The van der Waals surface area contributed by atoms with Crippen LogP contribution >= 0.6 is 0 Å². The molecule has 0 radical (unpaired) electrons. The van der Waals surface area contributed by atoms with Gasteiger partial charge in [0, 0.05) is 0 Å². The van der Waals surface area contributed by atoms with Crippen LogP contribution < -0.4 is 0 Å². The Labute approximate surface area is 76.3 Å². The van der Waals surface area contributed by atoms with E-state index in [4.69, 9.17) is 0 Å². The molecule has 0 aromatic rings. The first kappa shape index (κ1) is 7.18. The molecule has 1 aliphatic heterocycles. The summed E-state index contributed by atoms with van der Waals surface area (Å²) in [5.74, 6) is -0.0573. The minimum Gasteiger partial charge on any atom is -0.272 e. The van der Waals surface area contributed by atoms with Crippen molar-refractivity contribution in [2.75, 3.05) is 0 Å². The van der Waals surface area contributed by atoms with E-state index in [0.29, 0.717) is 5.41 Å². The Kier molecular flexibility index (Phi) is 1.19. The van der Waals surface area contributed by atoms with Gasteiger partial charge < -0.3 is 0 Å². The maximum absolute atomic E-state index is 11.4. The van der Waals surface area contributed by atoms with Crippen LogP contribution in [0.2, 0.25) is 0 Å². The van der Waals surface area contributed by atoms with E-state index in [1.54, 1.807) is 0 Å². The Bertz CT molecular complexity index is 361.